The Morgan fingerprint density at radius 3 is 2.00 bits per heavy atom. The molecule has 0 aromatic carbocycles. The SMILES string of the molecule is C/C(Cl)=C(\Cl)[C]=O. The minimum atomic E-state index is -0.0540. The Bertz CT molecular complexity index is 102. The van der Waals surface area contributed by atoms with E-state index in [0.29, 0.717) is 0 Å². The first kappa shape index (κ1) is 6.99. The van der Waals surface area contributed by atoms with Crippen molar-refractivity contribution in [1.82, 2.24) is 0 Å². The minimum absolute atomic E-state index is 0.0540. The van der Waals surface area contributed by atoms with Gasteiger partial charge in [0.1, 0.15) is 5.03 Å². The van der Waals surface area contributed by atoms with Gasteiger partial charge in [0, 0.05) is 5.03 Å². The maximum atomic E-state index is 9.55. The van der Waals surface area contributed by atoms with E-state index in [0.717, 1.165) is 0 Å². The topological polar surface area (TPSA) is 17.1 Å². The van der Waals surface area contributed by atoms with Gasteiger partial charge in [-0.05, 0) is 6.92 Å². The first-order chi connectivity index (χ1) is 3.18. The maximum absolute atomic E-state index is 9.55. The third-order valence-electron chi connectivity index (χ3n) is 0.392. The first-order valence-corrected chi connectivity index (χ1v) is 2.34. The Labute approximate surface area is 51.9 Å². The summed E-state index contributed by atoms with van der Waals surface area (Å²) >= 11 is 10.3. The van der Waals surface area contributed by atoms with E-state index >= 15 is 0 Å². The highest BCUT2D eigenvalue weighted by Crippen LogP contribution is 2.08. The molecule has 0 rings (SSSR count). The third-order valence-corrected chi connectivity index (χ3v) is 1.04. The molecule has 1 radical (unpaired) electrons. The van der Waals surface area contributed by atoms with E-state index in [9.17, 15) is 4.79 Å². The lowest BCUT2D eigenvalue weighted by molar-refractivity contribution is 0.563. The quantitative estimate of drug-likeness (QED) is 0.505. The Balaban J connectivity index is 3.98. The fourth-order valence-corrected chi connectivity index (χ4v) is 0.109. The summed E-state index contributed by atoms with van der Waals surface area (Å²) in [6.45, 7) is 1.52. The van der Waals surface area contributed by atoms with Crippen molar-refractivity contribution in [1.29, 1.82) is 0 Å². The van der Waals surface area contributed by atoms with Crippen molar-refractivity contribution in [2.24, 2.45) is 0 Å². The maximum Gasteiger partial charge on any atom is 0.246 e. The molecule has 0 saturated carbocycles. The largest absolute Gasteiger partial charge is 0.284 e. The van der Waals surface area contributed by atoms with Gasteiger partial charge >= 0.3 is 0 Å². The normalized spacial score (nSPS) is 13.0. The molecule has 7 heavy (non-hydrogen) atoms. The zero-order valence-electron chi connectivity index (χ0n) is 3.66. The van der Waals surface area contributed by atoms with Gasteiger partial charge in [0.2, 0.25) is 6.29 Å². The summed E-state index contributed by atoms with van der Waals surface area (Å²) in [5, 5.41) is 0.221. The van der Waals surface area contributed by atoms with Crippen molar-refractivity contribution in [3.05, 3.63) is 10.1 Å². The molecule has 0 fully saturated rings. The van der Waals surface area contributed by atoms with Crippen molar-refractivity contribution in [3.8, 4) is 0 Å². The molecule has 0 saturated heterocycles. The summed E-state index contributed by atoms with van der Waals surface area (Å²) in [6.07, 6.45) is 1.43. The smallest absolute Gasteiger partial charge is 0.246 e. The van der Waals surface area contributed by atoms with Gasteiger partial charge in [0.05, 0.1) is 0 Å². The molecular weight excluding hydrogens is 135 g/mol. The van der Waals surface area contributed by atoms with E-state index < -0.39 is 0 Å². The van der Waals surface area contributed by atoms with Gasteiger partial charge in [-0.2, -0.15) is 0 Å². The van der Waals surface area contributed by atoms with Crippen LogP contribution >= 0.6 is 23.2 Å². The van der Waals surface area contributed by atoms with Crippen LogP contribution in [0.25, 0.3) is 0 Å². The number of halogens is 2. The zero-order chi connectivity index (χ0) is 5.86. The second kappa shape index (κ2) is 3.05. The fraction of sp³-hybridized carbons (Fsp3) is 0.250. The standard InChI is InChI=1S/C4H3Cl2O/c1-3(5)4(6)2-7/h1H3/b4-3+. The summed E-state index contributed by atoms with van der Waals surface area (Å²) < 4.78 is 0. The van der Waals surface area contributed by atoms with E-state index in [4.69, 9.17) is 23.2 Å². The molecule has 3 heteroatoms. The van der Waals surface area contributed by atoms with Crippen molar-refractivity contribution in [2.75, 3.05) is 0 Å². The molecule has 0 aliphatic rings. The van der Waals surface area contributed by atoms with Gasteiger partial charge in [-0.25, -0.2) is 0 Å². The van der Waals surface area contributed by atoms with Crippen molar-refractivity contribution in [2.45, 2.75) is 6.92 Å². The van der Waals surface area contributed by atoms with Crippen molar-refractivity contribution < 1.29 is 4.79 Å². The molecule has 1 nitrogen and oxygen atoms in total. The number of rotatable bonds is 1. The van der Waals surface area contributed by atoms with Crippen molar-refractivity contribution >= 4 is 29.5 Å². The molecule has 0 atom stereocenters. The van der Waals surface area contributed by atoms with Crippen LogP contribution < -0.4 is 0 Å². The molecular formula is C4H3Cl2O. The molecule has 0 heterocycles. The van der Waals surface area contributed by atoms with Crippen LogP contribution in [0.3, 0.4) is 0 Å². The monoisotopic (exact) mass is 137 g/mol. The predicted octanol–water partition coefficient (Wildman–Crippen LogP) is 1.81. The summed E-state index contributed by atoms with van der Waals surface area (Å²) in [7, 11) is 0. The van der Waals surface area contributed by atoms with Crippen LogP contribution in [0.4, 0.5) is 0 Å². The highest BCUT2D eigenvalue weighted by Gasteiger charge is 1.91. The van der Waals surface area contributed by atoms with Crippen LogP contribution in [0.5, 0.6) is 0 Å². The Hall–Kier alpha value is -0.0100. The fourth-order valence-electron chi connectivity index (χ4n) is 0.0703. The van der Waals surface area contributed by atoms with Crippen LogP contribution in [-0.2, 0) is 4.79 Å². The van der Waals surface area contributed by atoms with E-state index in [2.05, 4.69) is 0 Å². The molecule has 0 aromatic rings. The van der Waals surface area contributed by atoms with E-state index in [1.54, 1.807) is 0 Å². The number of hydrogen-bond donors (Lipinski definition) is 0. The molecule has 0 bridgehead atoms. The highest BCUT2D eigenvalue weighted by atomic mass is 35.5. The predicted molar refractivity (Wildman–Crippen MR) is 30.1 cm³/mol. The summed E-state index contributed by atoms with van der Waals surface area (Å²) in [4.78, 5) is 9.55. The molecule has 0 spiro atoms. The average molecular weight is 138 g/mol. The van der Waals surface area contributed by atoms with E-state index in [1.165, 1.54) is 13.2 Å². The van der Waals surface area contributed by atoms with Gasteiger partial charge in [-0.1, -0.05) is 23.2 Å². The van der Waals surface area contributed by atoms with Crippen LogP contribution in [0, 0.1) is 0 Å². The zero-order valence-corrected chi connectivity index (χ0v) is 5.18. The summed E-state index contributed by atoms with van der Waals surface area (Å²) in [5.41, 5.74) is 0. The molecule has 0 aliphatic heterocycles. The second-order valence-electron chi connectivity index (χ2n) is 0.950. The molecule has 0 aromatic heterocycles. The van der Waals surface area contributed by atoms with Gasteiger partial charge < -0.3 is 0 Å². The second-order valence-corrected chi connectivity index (χ2v) is 1.89. The lowest BCUT2D eigenvalue weighted by atomic mass is 10.6. The Morgan fingerprint density at radius 1 is 1.57 bits per heavy atom. The average Bonchev–Trinajstić information content (AvgIpc) is 1.65. The molecule has 0 amide bonds. The van der Waals surface area contributed by atoms with Gasteiger partial charge in [-0.3, -0.25) is 4.79 Å². The molecule has 0 unspecified atom stereocenters. The Morgan fingerprint density at radius 2 is 2.00 bits per heavy atom. The van der Waals surface area contributed by atoms with E-state index in [1.807, 2.05) is 0 Å². The molecule has 0 N–H and O–H groups in total. The van der Waals surface area contributed by atoms with Gasteiger partial charge in [0.25, 0.3) is 0 Å². The molecule has 39 valence electrons. The molecule has 0 aliphatic carbocycles. The van der Waals surface area contributed by atoms with Crippen LogP contribution in [0.2, 0.25) is 0 Å². The van der Waals surface area contributed by atoms with Crippen LogP contribution in [0.15, 0.2) is 10.1 Å². The van der Waals surface area contributed by atoms with Crippen LogP contribution in [0.1, 0.15) is 6.92 Å². The summed E-state index contributed by atoms with van der Waals surface area (Å²) in [5.74, 6) is 0. The third kappa shape index (κ3) is 2.66. The number of hydrogen-bond acceptors (Lipinski definition) is 1. The first-order valence-electron chi connectivity index (χ1n) is 1.58. The highest BCUT2D eigenvalue weighted by molar-refractivity contribution is 6.45. The van der Waals surface area contributed by atoms with Gasteiger partial charge in [0.15, 0.2) is 0 Å². The van der Waals surface area contributed by atoms with Crippen molar-refractivity contribution in [3.63, 3.8) is 0 Å². The lowest BCUT2D eigenvalue weighted by Gasteiger charge is -1.79. The number of carbonyl (C=O) groups excluding carboxylic acids is 1. The lowest BCUT2D eigenvalue weighted by Crippen LogP contribution is -1.71. The Kier molecular flexibility index (Phi) is 3.05. The van der Waals surface area contributed by atoms with E-state index in [-0.39, 0.29) is 10.1 Å². The summed E-state index contributed by atoms with van der Waals surface area (Å²) in [6, 6.07) is 0. The minimum Gasteiger partial charge on any atom is -0.284 e. The number of allylic oxidation sites excluding steroid dienone is 2. The van der Waals surface area contributed by atoms with Crippen LogP contribution in [-0.4, -0.2) is 6.29 Å². The van der Waals surface area contributed by atoms with Gasteiger partial charge in [-0.15, -0.1) is 0 Å².